The molecule has 0 atom stereocenters. The number of carbonyl (C=O) groups is 1. The zero-order chi connectivity index (χ0) is 18.7. The first-order valence-corrected chi connectivity index (χ1v) is 8.04. The van der Waals surface area contributed by atoms with E-state index in [0.717, 1.165) is 0 Å². The third-order valence-corrected chi connectivity index (χ3v) is 4.18. The second kappa shape index (κ2) is 7.31. The van der Waals surface area contributed by atoms with Crippen LogP contribution in [0.25, 0.3) is 11.0 Å². The lowest BCUT2D eigenvalue weighted by molar-refractivity contribution is 0.0982. The predicted molar refractivity (Wildman–Crippen MR) is 96.3 cm³/mol. The number of Topliss-reactive ketones (excluding diaryl/α,β-unsaturated/α-hetero) is 1. The number of hydrogen-bond donors (Lipinski definition) is 1. The molecule has 0 bridgehead atoms. The fourth-order valence-electron chi connectivity index (χ4n) is 2.78. The molecule has 134 valence electrons. The summed E-state index contributed by atoms with van der Waals surface area (Å²) in [7, 11) is 3.01. The number of aromatic hydroxyl groups is 1. The molecule has 0 radical (unpaired) electrons. The van der Waals surface area contributed by atoms with Gasteiger partial charge < -0.3 is 19.0 Å². The van der Waals surface area contributed by atoms with Gasteiger partial charge in [-0.25, -0.2) is 4.79 Å². The van der Waals surface area contributed by atoms with Gasteiger partial charge in [0.1, 0.15) is 11.3 Å². The molecule has 6 nitrogen and oxygen atoms in total. The highest BCUT2D eigenvalue weighted by Gasteiger charge is 2.16. The highest BCUT2D eigenvalue weighted by atomic mass is 16.5. The van der Waals surface area contributed by atoms with Gasteiger partial charge in [-0.15, -0.1) is 0 Å². The third kappa shape index (κ3) is 3.26. The summed E-state index contributed by atoms with van der Waals surface area (Å²) in [5.74, 6) is 0.651. The number of carbonyl (C=O) groups excluding carboxylic acids is 1. The van der Waals surface area contributed by atoms with Crippen molar-refractivity contribution in [3.63, 3.8) is 0 Å². The molecule has 1 N–H and O–H groups in total. The van der Waals surface area contributed by atoms with E-state index in [-0.39, 0.29) is 29.9 Å². The molecule has 0 aliphatic rings. The van der Waals surface area contributed by atoms with Crippen LogP contribution in [0.5, 0.6) is 17.2 Å². The van der Waals surface area contributed by atoms with Gasteiger partial charge in [0.05, 0.1) is 25.2 Å². The summed E-state index contributed by atoms with van der Waals surface area (Å²) in [5, 5.41) is 10.8. The molecule has 0 aliphatic carbocycles. The first-order chi connectivity index (χ1) is 12.5. The topological polar surface area (TPSA) is 86.0 Å². The molecule has 3 rings (SSSR count). The van der Waals surface area contributed by atoms with Crippen molar-refractivity contribution in [3.05, 3.63) is 64.0 Å². The zero-order valence-corrected chi connectivity index (χ0v) is 14.4. The Bertz CT molecular complexity index is 1020. The van der Waals surface area contributed by atoms with Gasteiger partial charge in [-0.05, 0) is 36.8 Å². The van der Waals surface area contributed by atoms with Crippen LogP contribution in [0.1, 0.15) is 22.3 Å². The SMILES string of the molecule is COc1ccc(C(=O)CCc2c(O)c3ccccc3oc2=O)cc1OC. The molecule has 3 aromatic rings. The quantitative estimate of drug-likeness (QED) is 0.540. The molecule has 0 spiro atoms. The van der Waals surface area contributed by atoms with E-state index in [4.69, 9.17) is 13.9 Å². The Labute approximate surface area is 149 Å². The maximum atomic E-state index is 12.5. The number of hydrogen-bond acceptors (Lipinski definition) is 6. The van der Waals surface area contributed by atoms with Crippen LogP contribution < -0.4 is 15.1 Å². The fourth-order valence-corrected chi connectivity index (χ4v) is 2.78. The normalized spacial score (nSPS) is 10.7. The van der Waals surface area contributed by atoms with Gasteiger partial charge in [0.25, 0.3) is 0 Å². The summed E-state index contributed by atoms with van der Waals surface area (Å²) < 4.78 is 15.6. The van der Waals surface area contributed by atoms with Gasteiger partial charge in [-0.2, -0.15) is 0 Å². The Morgan fingerprint density at radius 1 is 1.08 bits per heavy atom. The monoisotopic (exact) mass is 354 g/mol. The van der Waals surface area contributed by atoms with Crippen molar-refractivity contribution in [2.75, 3.05) is 14.2 Å². The fraction of sp³-hybridized carbons (Fsp3) is 0.200. The van der Waals surface area contributed by atoms with E-state index in [0.29, 0.717) is 28.0 Å². The lowest BCUT2D eigenvalue weighted by Crippen LogP contribution is -2.11. The molecule has 1 heterocycles. The molecule has 0 fully saturated rings. The minimum Gasteiger partial charge on any atom is -0.507 e. The summed E-state index contributed by atoms with van der Waals surface area (Å²) >= 11 is 0. The molecule has 0 saturated heterocycles. The van der Waals surface area contributed by atoms with Crippen molar-refractivity contribution in [3.8, 4) is 17.2 Å². The Balaban J connectivity index is 1.84. The molecule has 1 aromatic heterocycles. The Morgan fingerprint density at radius 2 is 1.81 bits per heavy atom. The average Bonchev–Trinajstić information content (AvgIpc) is 2.67. The summed E-state index contributed by atoms with van der Waals surface area (Å²) in [6, 6.07) is 11.6. The summed E-state index contributed by atoms with van der Waals surface area (Å²) in [5.41, 5.74) is 0.205. The van der Waals surface area contributed by atoms with E-state index in [2.05, 4.69) is 0 Å². The van der Waals surface area contributed by atoms with Gasteiger partial charge in [-0.1, -0.05) is 12.1 Å². The smallest absolute Gasteiger partial charge is 0.343 e. The molecule has 0 saturated carbocycles. The second-order valence-electron chi connectivity index (χ2n) is 5.71. The molecule has 6 heteroatoms. The number of para-hydroxylation sites is 1. The minimum absolute atomic E-state index is 0.0478. The number of methoxy groups -OCH3 is 2. The third-order valence-electron chi connectivity index (χ3n) is 4.18. The lowest BCUT2D eigenvalue weighted by Gasteiger charge is -2.09. The van der Waals surface area contributed by atoms with Crippen LogP contribution in [0, 0.1) is 0 Å². The number of benzene rings is 2. The Hall–Kier alpha value is -3.28. The van der Waals surface area contributed by atoms with Crippen LogP contribution in [0.4, 0.5) is 0 Å². The average molecular weight is 354 g/mol. The van der Waals surface area contributed by atoms with Crippen LogP contribution in [0.3, 0.4) is 0 Å². The minimum atomic E-state index is -0.638. The van der Waals surface area contributed by atoms with Gasteiger partial charge in [0.15, 0.2) is 17.3 Å². The van der Waals surface area contributed by atoms with Crippen molar-refractivity contribution in [1.29, 1.82) is 0 Å². The van der Waals surface area contributed by atoms with Gasteiger partial charge in [0, 0.05) is 12.0 Å². The molecular formula is C20H18O6. The van der Waals surface area contributed by atoms with E-state index >= 15 is 0 Å². The van der Waals surface area contributed by atoms with Gasteiger partial charge in [0.2, 0.25) is 0 Å². The standard InChI is InChI=1S/C20H18O6/c1-24-17-10-7-12(11-18(17)25-2)15(21)9-8-14-19(22)13-5-3-4-6-16(13)26-20(14)23/h3-7,10-11,22H,8-9H2,1-2H3. The Kier molecular flexibility index (Phi) is 4.93. The highest BCUT2D eigenvalue weighted by Crippen LogP contribution is 2.29. The van der Waals surface area contributed by atoms with Crippen molar-refractivity contribution in [1.82, 2.24) is 0 Å². The molecular weight excluding hydrogens is 336 g/mol. The van der Waals surface area contributed by atoms with Gasteiger partial charge in [-0.3, -0.25) is 4.79 Å². The first kappa shape index (κ1) is 17.5. The van der Waals surface area contributed by atoms with E-state index in [1.165, 1.54) is 14.2 Å². The van der Waals surface area contributed by atoms with Crippen molar-refractivity contribution < 1.29 is 23.8 Å². The summed E-state index contributed by atoms with van der Waals surface area (Å²) in [4.78, 5) is 24.6. The summed E-state index contributed by atoms with van der Waals surface area (Å²) in [6.07, 6.45) is 0.123. The maximum absolute atomic E-state index is 12.5. The van der Waals surface area contributed by atoms with Crippen LogP contribution >= 0.6 is 0 Å². The highest BCUT2D eigenvalue weighted by molar-refractivity contribution is 5.97. The van der Waals surface area contributed by atoms with Crippen molar-refractivity contribution in [2.24, 2.45) is 0 Å². The van der Waals surface area contributed by atoms with Crippen LogP contribution in [0.2, 0.25) is 0 Å². The predicted octanol–water partition coefficient (Wildman–Crippen LogP) is 3.33. The second-order valence-corrected chi connectivity index (χ2v) is 5.71. The Morgan fingerprint density at radius 3 is 2.54 bits per heavy atom. The number of fused-ring (bicyclic) bond motifs is 1. The zero-order valence-electron chi connectivity index (χ0n) is 14.4. The molecule has 0 unspecified atom stereocenters. The first-order valence-electron chi connectivity index (χ1n) is 8.04. The molecule has 2 aromatic carbocycles. The number of ether oxygens (including phenoxy) is 2. The molecule has 0 aliphatic heterocycles. The van der Waals surface area contributed by atoms with Crippen molar-refractivity contribution >= 4 is 16.8 Å². The maximum Gasteiger partial charge on any atom is 0.343 e. The molecule has 0 amide bonds. The van der Waals surface area contributed by atoms with Crippen LogP contribution in [-0.2, 0) is 6.42 Å². The molecule has 26 heavy (non-hydrogen) atoms. The largest absolute Gasteiger partial charge is 0.507 e. The lowest BCUT2D eigenvalue weighted by atomic mass is 10.0. The van der Waals surface area contributed by atoms with Crippen LogP contribution in [-0.4, -0.2) is 25.1 Å². The van der Waals surface area contributed by atoms with Crippen LogP contribution in [0.15, 0.2) is 51.7 Å². The van der Waals surface area contributed by atoms with E-state index in [9.17, 15) is 14.7 Å². The number of rotatable bonds is 6. The van der Waals surface area contributed by atoms with E-state index < -0.39 is 5.63 Å². The van der Waals surface area contributed by atoms with Gasteiger partial charge >= 0.3 is 5.63 Å². The number of ketones is 1. The van der Waals surface area contributed by atoms with Crippen molar-refractivity contribution in [2.45, 2.75) is 12.8 Å². The van der Waals surface area contributed by atoms with E-state index in [1.807, 2.05) is 0 Å². The van der Waals surface area contributed by atoms with E-state index in [1.54, 1.807) is 42.5 Å². The summed E-state index contributed by atoms with van der Waals surface area (Å²) in [6.45, 7) is 0.